The van der Waals surface area contributed by atoms with Crippen molar-refractivity contribution in [2.75, 3.05) is 23.8 Å². The minimum Gasteiger partial charge on any atom is -0.366 e. The van der Waals surface area contributed by atoms with Crippen LogP contribution in [0.2, 0.25) is 0 Å². The number of hydrogen-bond acceptors (Lipinski definition) is 5. The van der Waals surface area contributed by atoms with Gasteiger partial charge in [-0.05, 0) is 36.6 Å². The number of pyridine rings is 1. The fourth-order valence-electron chi connectivity index (χ4n) is 2.63. The standard InChI is InChI=1S/C20H23N5/c1-16-4-3-5-18(12-16)14-22-19-13-20(24-15-23-19)25(2)11-8-17-6-9-21-10-7-17/h3-7,9-10,12-13,15H,8,11,14H2,1-2H3,(H,22,23,24). The molecular weight excluding hydrogens is 310 g/mol. The first-order valence-electron chi connectivity index (χ1n) is 8.42. The Bertz CT molecular complexity index is 804. The third kappa shape index (κ3) is 5.01. The van der Waals surface area contributed by atoms with E-state index >= 15 is 0 Å². The minimum atomic E-state index is 0.749. The van der Waals surface area contributed by atoms with Gasteiger partial charge in [0.15, 0.2) is 0 Å². The molecule has 0 saturated heterocycles. The van der Waals surface area contributed by atoms with Crippen LogP contribution in [0, 0.1) is 6.92 Å². The van der Waals surface area contributed by atoms with Crippen LogP contribution in [-0.4, -0.2) is 28.5 Å². The van der Waals surface area contributed by atoms with Gasteiger partial charge in [-0.25, -0.2) is 9.97 Å². The zero-order valence-corrected chi connectivity index (χ0v) is 14.7. The van der Waals surface area contributed by atoms with E-state index in [9.17, 15) is 0 Å². The van der Waals surface area contributed by atoms with Crippen LogP contribution in [0.1, 0.15) is 16.7 Å². The van der Waals surface area contributed by atoms with Crippen LogP contribution in [0.4, 0.5) is 11.6 Å². The van der Waals surface area contributed by atoms with Gasteiger partial charge in [-0.2, -0.15) is 0 Å². The topological polar surface area (TPSA) is 53.9 Å². The first-order valence-corrected chi connectivity index (χ1v) is 8.42. The van der Waals surface area contributed by atoms with Crippen molar-refractivity contribution in [3.63, 3.8) is 0 Å². The molecule has 3 aromatic rings. The lowest BCUT2D eigenvalue weighted by molar-refractivity contribution is 0.854. The molecule has 1 N–H and O–H groups in total. The summed E-state index contributed by atoms with van der Waals surface area (Å²) in [5.74, 6) is 1.75. The molecule has 0 amide bonds. The molecule has 0 aliphatic carbocycles. The second-order valence-corrected chi connectivity index (χ2v) is 6.13. The Kier molecular flexibility index (Phi) is 5.57. The Labute approximate surface area is 148 Å². The number of aryl methyl sites for hydroxylation is 1. The van der Waals surface area contributed by atoms with Crippen LogP contribution in [0.25, 0.3) is 0 Å². The van der Waals surface area contributed by atoms with Gasteiger partial charge < -0.3 is 10.2 Å². The molecule has 3 rings (SSSR count). The number of nitrogens with zero attached hydrogens (tertiary/aromatic N) is 4. The summed E-state index contributed by atoms with van der Waals surface area (Å²) in [6, 6.07) is 14.5. The van der Waals surface area contributed by atoms with Crippen molar-refractivity contribution < 1.29 is 0 Å². The molecule has 1 aromatic carbocycles. The first-order chi connectivity index (χ1) is 12.2. The number of likely N-dealkylation sites (N-methyl/N-ethyl adjacent to an activating group) is 1. The smallest absolute Gasteiger partial charge is 0.133 e. The molecule has 128 valence electrons. The third-order valence-electron chi connectivity index (χ3n) is 4.09. The van der Waals surface area contributed by atoms with E-state index < -0.39 is 0 Å². The molecule has 0 radical (unpaired) electrons. The molecule has 0 aliphatic rings. The van der Waals surface area contributed by atoms with Crippen molar-refractivity contribution >= 4 is 11.6 Å². The van der Waals surface area contributed by atoms with Gasteiger partial charge in [-0.3, -0.25) is 4.98 Å². The lowest BCUT2D eigenvalue weighted by Crippen LogP contribution is -2.21. The van der Waals surface area contributed by atoms with Crippen LogP contribution in [0.3, 0.4) is 0 Å². The molecule has 0 fully saturated rings. The summed E-state index contributed by atoms with van der Waals surface area (Å²) in [7, 11) is 2.05. The highest BCUT2D eigenvalue weighted by molar-refractivity contribution is 5.48. The van der Waals surface area contributed by atoms with Crippen LogP contribution in [0.15, 0.2) is 61.2 Å². The zero-order valence-electron chi connectivity index (χ0n) is 14.7. The molecule has 0 saturated carbocycles. The molecule has 0 bridgehead atoms. The summed E-state index contributed by atoms with van der Waals surface area (Å²) in [4.78, 5) is 14.9. The van der Waals surface area contributed by atoms with E-state index in [1.54, 1.807) is 6.33 Å². The Hall–Kier alpha value is -2.95. The number of benzene rings is 1. The number of hydrogen-bond donors (Lipinski definition) is 1. The zero-order chi connectivity index (χ0) is 17.5. The lowest BCUT2D eigenvalue weighted by Gasteiger charge is -2.18. The summed E-state index contributed by atoms with van der Waals surface area (Å²) in [6.07, 6.45) is 6.21. The fraction of sp³-hybridized carbons (Fsp3) is 0.250. The van der Waals surface area contributed by atoms with Crippen LogP contribution in [-0.2, 0) is 13.0 Å². The molecule has 0 spiro atoms. The number of rotatable bonds is 7. The van der Waals surface area contributed by atoms with Gasteiger partial charge in [0.05, 0.1) is 0 Å². The molecule has 0 atom stereocenters. The second-order valence-electron chi connectivity index (χ2n) is 6.13. The monoisotopic (exact) mass is 333 g/mol. The molecule has 0 unspecified atom stereocenters. The van der Waals surface area contributed by atoms with Gasteiger partial charge in [-0.15, -0.1) is 0 Å². The molecule has 0 aliphatic heterocycles. The minimum absolute atomic E-state index is 0.749. The van der Waals surface area contributed by atoms with E-state index in [1.807, 2.05) is 37.6 Å². The molecule has 25 heavy (non-hydrogen) atoms. The van der Waals surface area contributed by atoms with E-state index in [0.717, 1.165) is 31.1 Å². The average molecular weight is 333 g/mol. The maximum absolute atomic E-state index is 4.38. The molecular formula is C20H23N5. The normalized spacial score (nSPS) is 10.5. The highest BCUT2D eigenvalue weighted by atomic mass is 15.2. The Morgan fingerprint density at radius 3 is 2.64 bits per heavy atom. The van der Waals surface area contributed by atoms with Crippen molar-refractivity contribution in [1.29, 1.82) is 0 Å². The van der Waals surface area contributed by atoms with E-state index in [0.29, 0.717) is 0 Å². The Morgan fingerprint density at radius 1 is 1.00 bits per heavy atom. The summed E-state index contributed by atoms with van der Waals surface area (Å²) < 4.78 is 0. The quantitative estimate of drug-likeness (QED) is 0.717. The SMILES string of the molecule is Cc1cccc(CNc2cc(N(C)CCc3ccncc3)ncn2)c1. The number of nitrogens with one attached hydrogen (secondary N) is 1. The van der Waals surface area contributed by atoms with Crippen molar-refractivity contribution in [2.24, 2.45) is 0 Å². The molecule has 5 nitrogen and oxygen atoms in total. The summed E-state index contributed by atoms with van der Waals surface area (Å²) in [6.45, 7) is 3.74. The van der Waals surface area contributed by atoms with Crippen molar-refractivity contribution in [3.8, 4) is 0 Å². The number of anilines is 2. The predicted molar refractivity (Wildman–Crippen MR) is 102 cm³/mol. The molecule has 5 heteroatoms. The highest BCUT2D eigenvalue weighted by Gasteiger charge is 2.05. The van der Waals surface area contributed by atoms with E-state index in [1.165, 1.54) is 16.7 Å². The van der Waals surface area contributed by atoms with E-state index in [-0.39, 0.29) is 0 Å². The van der Waals surface area contributed by atoms with Crippen molar-refractivity contribution in [3.05, 3.63) is 77.9 Å². The van der Waals surface area contributed by atoms with E-state index in [2.05, 4.69) is 56.4 Å². The summed E-state index contributed by atoms with van der Waals surface area (Å²) >= 11 is 0. The van der Waals surface area contributed by atoms with Gasteiger partial charge in [0.1, 0.15) is 18.0 Å². The lowest BCUT2D eigenvalue weighted by atomic mass is 10.1. The van der Waals surface area contributed by atoms with Gasteiger partial charge in [-0.1, -0.05) is 29.8 Å². The summed E-state index contributed by atoms with van der Waals surface area (Å²) in [5.41, 5.74) is 3.78. The van der Waals surface area contributed by atoms with Crippen molar-refractivity contribution in [1.82, 2.24) is 15.0 Å². The Morgan fingerprint density at radius 2 is 1.84 bits per heavy atom. The third-order valence-corrected chi connectivity index (χ3v) is 4.09. The van der Waals surface area contributed by atoms with Crippen LogP contribution in [0.5, 0.6) is 0 Å². The van der Waals surface area contributed by atoms with Gasteiger partial charge in [0.25, 0.3) is 0 Å². The maximum Gasteiger partial charge on any atom is 0.133 e. The van der Waals surface area contributed by atoms with Gasteiger partial charge >= 0.3 is 0 Å². The van der Waals surface area contributed by atoms with Gasteiger partial charge in [0, 0.05) is 38.6 Å². The van der Waals surface area contributed by atoms with Crippen LogP contribution >= 0.6 is 0 Å². The predicted octanol–water partition coefficient (Wildman–Crippen LogP) is 3.47. The van der Waals surface area contributed by atoms with E-state index in [4.69, 9.17) is 0 Å². The molecule has 2 aromatic heterocycles. The van der Waals surface area contributed by atoms with Crippen LogP contribution < -0.4 is 10.2 Å². The first kappa shape index (κ1) is 16.9. The molecule has 2 heterocycles. The maximum atomic E-state index is 4.38. The van der Waals surface area contributed by atoms with Gasteiger partial charge in [0.2, 0.25) is 0 Å². The average Bonchev–Trinajstić information content (AvgIpc) is 2.65. The highest BCUT2D eigenvalue weighted by Crippen LogP contribution is 2.14. The largest absolute Gasteiger partial charge is 0.366 e. The summed E-state index contributed by atoms with van der Waals surface area (Å²) in [5, 5.41) is 3.37. The second kappa shape index (κ2) is 8.24. The Balaban J connectivity index is 1.58. The van der Waals surface area contributed by atoms with Crippen molar-refractivity contribution in [2.45, 2.75) is 19.9 Å². The fourth-order valence-corrected chi connectivity index (χ4v) is 2.63. The number of aromatic nitrogens is 3.